The first-order valence-electron chi connectivity index (χ1n) is 13.0. The molecule has 3 heterocycles. The molecule has 0 saturated carbocycles. The van der Waals surface area contributed by atoms with Gasteiger partial charge in [-0.15, -0.1) is 0 Å². The van der Waals surface area contributed by atoms with Gasteiger partial charge in [-0.3, -0.25) is 14.6 Å². The summed E-state index contributed by atoms with van der Waals surface area (Å²) >= 11 is 0. The molecular formula is C28H32F3N3O4. The fourth-order valence-electron chi connectivity index (χ4n) is 5.34. The molecule has 3 aliphatic rings. The molecule has 0 unspecified atom stereocenters. The summed E-state index contributed by atoms with van der Waals surface area (Å²) in [7, 11) is 0. The van der Waals surface area contributed by atoms with E-state index in [1.807, 2.05) is 12.1 Å². The summed E-state index contributed by atoms with van der Waals surface area (Å²) in [6.07, 6.45) is -1.72. The Morgan fingerprint density at radius 1 is 0.947 bits per heavy atom. The monoisotopic (exact) mass is 531 g/mol. The average Bonchev–Trinajstić information content (AvgIpc) is 3.20. The number of hydrogen-bond acceptors (Lipinski definition) is 5. The number of hydrogen-bond donors (Lipinski definition) is 1. The Morgan fingerprint density at radius 3 is 2.18 bits per heavy atom. The minimum absolute atomic E-state index is 0.106. The summed E-state index contributed by atoms with van der Waals surface area (Å²) in [5.74, 6) is -0.106. The quantitative estimate of drug-likeness (QED) is 0.590. The molecule has 3 saturated heterocycles. The largest absolute Gasteiger partial charge is 0.441 e. The number of carbonyl (C=O) groups excluding carboxylic acids is 2. The van der Waals surface area contributed by atoms with Crippen LogP contribution in [0.5, 0.6) is 0 Å². The lowest BCUT2D eigenvalue weighted by molar-refractivity contribution is -0.137. The van der Waals surface area contributed by atoms with Crippen LogP contribution in [0.1, 0.15) is 52.7 Å². The second-order valence-corrected chi connectivity index (χ2v) is 10.4. The van der Waals surface area contributed by atoms with Gasteiger partial charge in [0.05, 0.1) is 12.1 Å². The lowest BCUT2D eigenvalue weighted by Crippen LogP contribution is -2.46. The van der Waals surface area contributed by atoms with Crippen molar-refractivity contribution in [3.05, 3.63) is 70.8 Å². The van der Waals surface area contributed by atoms with Gasteiger partial charge in [-0.1, -0.05) is 24.3 Å². The maximum atomic E-state index is 12.8. The van der Waals surface area contributed by atoms with Gasteiger partial charge in [-0.2, -0.15) is 13.2 Å². The normalized spacial score (nSPS) is 20.5. The van der Waals surface area contributed by atoms with Crippen LogP contribution in [0.4, 0.5) is 18.0 Å². The highest BCUT2D eigenvalue weighted by molar-refractivity contribution is 5.94. The van der Waals surface area contributed by atoms with Gasteiger partial charge in [-0.05, 0) is 48.2 Å². The van der Waals surface area contributed by atoms with Crippen LogP contribution in [0.15, 0.2) is 48.5 Å². The van der Waals surface area contributed by atoms with E-state index in [1.165, 1.54) is 12.1 Å². The Bertz CT molecular complexity index is 1120. The van der Waals surface area contributed by atoms with Gasteiger partial charge in [0.1, 0.15) is 5.60 Å². The van der Waals surface area contributed by atoms with E-state index in [1.54, 1.807) is 17.0 Å². The first-order chi connectivity index (χ1) is 18.2. The zero-order valence-corrected chi connectivity index (χ0v) is 21.1. The van der Waals surface area contributed by atoms with Crippen molar-refractivity contribution in [2.45, 2.75) is 56.6 Å². The minimum atomic E-state index is -4.34. The molecule has 0 radical (unpaired) electrons. The molecule has 2 aromatic rings. The van der Waals surface area contributed by atoms with Crippen LogP contribution < -0.4 is 5.32 Å². The number of halogens is 3. The third-order valence-corrected chi connectivity index (χ3v) is 7.64. The summed E-state index contributed by atoms with van der Waals surface area (Å²) < 4.78 is 49.6. The number of amides is 2. The topological polar surface area (TPSA) is 71.1 Å². The molecule has 0 atom stereocenters. The van der Waals surface area contributed by atoms with Crippen molar-refractivity contribution < 1.29 is 32.2 Å². The molecule has 204 valence electrons. The number of rotatable bonds is 6. The minimum Gasteiger partial charge on any atom is -0.441 e. The first-order valence-corrected chi connectivity index (χ1v) is 13.0. The van der Waals surface area contributed by atoms with Crippen LogP contribution in [0, 0.1) is 0 Å². The van der Waals surface area contributed by atoms with Crippen molar-refractivity contribution >= 4 is 12.0 Å². The van der Waals surface area contributed by atoms with Crippen LogP contribution in [0.25, 0.3) is 0 Å². The smallest absolute Gasteiger partial charge is 0.416 e. The van der Waals surface area contributed by atoms with E-state index < -0.39 is 17.3 Å². The van der Waals surface area contributed by atoms with Gasteiger partial charge in [0.15, 0.2) is 0 Å². The number of likely N-dealkylation sites (tertiary alicyclic amines) is 1. The Balaban J connectivity index is 1.11. The predicted octanol–water partition coefficient (Wildman–Crippen LogP) is 4.60. The third kappa shape index (κ3) is 6.30. The highest BCUT2D eigenvalue weighted by Crippen LogP contribution is 2.35. The van der Waals surface area contributed by atoms with Gasteiger partial charge < -0.3 is 14.8 Å². The molecule has 0 bridgehead atoms. The number of alkyl halides is 3. The van der Waals surface area contributed by atoms with Crippen molar-refractivity contribution in [2.75, 3.05) is 32.8 Å². The number of benzene rings is 2. The molecule has 0 aliphatic carbocycles. The Kier molecular flexibility index (Phi) is 7.63. The first kappa shape index (κ1) is 26.5. The fourth-order valence-corrected chi connectivity index (χ4v) is 5.34. The fraction of sp³-hybridized carbons (Fsp3) is 0.500. The molecular weight excluding hydrogens is 499 g/mol. The van der Waals surface area contributed by atoms with Gasteiger partial charge in [0, 0.05) is 63.8 Å². The third-order valence-electron chi connectivity index (χ3n) is 7.64. The average molecular weight is 532 g/mol. The summed E-state index contributed by atoms with van der Waals surface area (Å²) in [6, 6.07) is 12.7. The predicted molar refractivity (Wildman–Crippen MR) is 133 cm³/mol. The highest BCUT2D eigenvalue weighted by Gasteiger charge is 2.46. The highest BCUT2D eigenvalue weighted by atomic mass is 19.4. The summed E-state index contributed by atoms with van der Waals surface area (Å²) in [5, 5.41) is 3.05. The van der Waals surface area contributed by atoms with Crippen molar-refractivity contribution in [2.24, 2.45) is 0 Å². The van der Waals surface area contributed by atoms with Crippen LogP contribution in [-0.4, -0.2) is 66.3 Å². The number of carbonyl (C=O) groups is 2. The van der Waals surface area contributed by atoms with E-state index in [0.717, 1.165) is 36.1 Å². The van der Waals surface area contributed by atoms with E-state index >= 15 is 0 Å². The number of nitrogens with one attached hydrogen (secondary N) is 1. The lowest BCUT2D eigenvalue weighted by atomic mass is 9.91. The van der Waals surface area contributed by atoms with Gasteiger partial charge in [0.25, 0.3) is 5.91 Å². The van der Waals surface area contributed by atoms with Crippen molar-refractivity contribution in [1.29, 1.82) is 0 Å². The molecule has 1 spiro atoms. The molecule has 38 heavy (non-hydrogen) atoms. The standard InChI is InChI=1S/C28H32F3N3O4/c29-28(30,31)23-7-3-20(4-8-23)17-33-13-11-27(12-14-33)19-34(26(36)38-27)18-21-1-5-22(6-2-21)25(35)32-24-9-15-37-16-10-24/h1-8,24H,9-19H2,(H,32,35). The molecule has 7 nitrogen and oxygen atoms in total. The molecule has 2 amide bonds. The van der Waals surface area contributed by atoms with Gasteiger partial charge in [0.2, 0.25) is 0 Å². The van der Waals surface area contributed by atoms with E-state index in [4.69, 9.17) is 9.47 Å². The lowest BCUT2D eigenvalue weighted by Gasteiger charge is -2.37. The molecule has 3 fully saturated rings. The SMILES string of the molecule is O=C(NC1CCOCC1)c1ccc(CN2CC3(CCN(Cc4ccc(C(F)(F)F)cc4)CC3)OC2=O)cc1. The van der Waals surface area contributed by atoms with Crippen LogP contribution in [0.3, 0.4) is 0 Å². The molecule has 2 aromatic carbocycles. The van der Waals surface area contributed by atoms with E-state index in [9.17, 15) is 22.8 Å². The second-order valence-electron chi connectivity index (χ2n) is 10.4. The second kappa shape index (κ2) is 10.9. The molecule has 1 N–H and O–H groups in total. The van der Waals surface area contributed by atoms with E-state index in [2.05, 4.69) is 10.2 Å². The van der Waals surface area contributed by atoms with Crippen LogP contribution in [0.2, 0.25) is 0 Å². The Morgan fingerprint density at radius 2 is 1.55 bits per heavy atom. The van der Waals surface area contributed by atoms with Crippen molar-refractivity contribution in [3.63, 3.8) is 0 Å². The molecule has 0 aromatic heterocycles. The number of ether oxygens (including phenoxy) is 2. The Labute approximate surface area is 219 Å². The zero-order chi connectivity index (χ0) is 26.8. The number of piperidine rings is 1. The zero-order valence-electron chi connectivity index (χ0n) is 21.1. The van der Waals surface area contributed by atoms with Gasteiger partial charge in [-0.25, -0.2) is 4.79 Å². The van der Waals surface area contributed by atoms with Crippen LogP contribution >= 0.6 is 0 Å². The molecule has 3 aliphatic heterocycles. The maximum absolute atomic E-state index is 12.8. The Hall–Kier alpha value is -3.11. The molecule has 10 heteroatoms. The van der Waals surface area contributed by atoms with Crippen molar-refractivity contribution in [1.82, 2.24) is 15.1 Å². The van der Waals surface area contributed by atoms with Crippen molar-refractivity contribution in [3.8, 4) is 0 Å². The van der Waals surface area contributed by atoms with Crippen LogP contribution in [-0.2, 0) is 28.7 Å². The summed E-state index contributed by atoms with van der Waals surface area (Å²) in [6.45, 7) is 4.16. The van der Waals surface area contributed by atoms with Gasteiger partial charge >= 0.3 is 12.3 Å². The molecule has 5 rings (SSSR count). The maximum Gasteiger partial charge on any atom is 0.416 e. The number of nitrogens with zero attached hydrogens (tertiary/aromatic N) is 2. The summed E-state index contributed by atoms with van der Waals surface area (Å²) in [5.41, 5.74) is 1.13. The summed E-state index contributed by atoms with van der Waals surface area (Å²) in [4.78, 5) is 29.1. The van der Waals surface area contributed by atoms with E-state index in [0.29, 0.717) is 64.3 Å². The van der Waals surface area contributed by atoms with E-state index in [-0.39, 0.29) is 18.0 Å².